The van der Waals surface area contributed by atoms with Crippen molar-refractivity contribution >= 4 is 39.1 Å². The molecule has 0 radical (unpaired) electrons. The number of carbonyl (C=O) groups excluding carboxylic acids is 2. The van der Waals surface area contributed by atoms with Gasteiger partial charge in [0.15, 0.2) is 0 Å². The van der Waals surface area contributed by atoms with Crippen LogP contribution in [-0.4, -0.2) is 44.3 Å². The molecule has 0 spiro atoms. The number of ether oxygens (including phenoxy) is 1. The third kappa shape index (κ3) is 9.28. The van der Waals surface area contributed by atoms with Gasteiger partial charge < -0.3 is 15.0 Å². The van der Waals surface area contributed by atoms with Crippen LogP contribution in [-0.2, 0) is 32.6 Å². The van der Waals surface area contributed by atoms with Gasteiger partial charge in [0.25, 0.3) is 10.0 Å². The van der Waals surface area contributed by atoms with Gasteiger partial charge in [0.1, 0.15) is 24.1 Å². The average molecular weight is 696 g/mol. The number of carbonyl (C=O) groups is 2. The molecule has 8 nitrogen and oxygen atoms in total. The Morgan fingerprint density at radius 3 is 2.02 bits per heavy atom. The molecule has 5 aromatic carbocycles. The molecule has 5 rings (SSSR count). The summed E-state index contributed by atoms with van der Waals surface area (Å²) in [5, 5.41) is 3.34. The van der Waals surface area contributed by atoms with Crippen molar-refractivity contribution in [3.05, 3.63) is 155 Å². The summed E-state index contributed by atoms with van der Waals surface area (Å²) < 4.78 is 35.6. The van der Waals surface area contributed by atoms with E-state index in [9.17, 15) is 18.0 Å². The maximum Gasteiger partial charge on any atom is 0.264 e. The van der Waals surface area contributed by atoms with Crippen molar-refractivity contribution in [2.45, 2.75) is 37.8 Å². The average Bonchev–Trinajstić information content (AvgIpc) is 3.10. The van der Waals surface area contributed by atoms with Crippen molar-refractivity contribution in [1.82, 2.24) is 10.2 Å². The van der Waals surface area contributed by atoms with E-state index in [1.54, 1.807) is 54.6 Å². The molecule has 0 saturated heterocycles. The summed E-state index contributed by atoms with van der Waals surface area (Å²) in [5.41, 5.74) is 2.69. The maximum atomic E-state index is 14.6. The van der Waals surface area contributed by atoms with E-state index in [-0.39, 0.29) is 29.5 Å². The van der Waals surface area contributed by atoms with E-state index in [4.69, 9.17) is 16.3 Å². The highest BCUT2D eigenvalue weighted by atomic mass is 35.5. The molecule has 0 bridgehead atoms. The molecule has 0 fully saturated rings. The number of hydrogen-bond donors (Lipinski definition) is 1. The number of benzene rings is 5. The number of likely N-dealkylation sites (N-methyl/N-ethyl adjacent to an activating group) is 1. The molecule has 49 heavy (non-hydrogen) atoms. The smallest absolute Gasteiger partial charge is 0.264 e. The van der Waals surface area contributed by atoms with Crippen LogP contribution in [0.25, 0.3) is 0 Å². The zero-order chi connectivity index (χ0) is 34.8. The Hall–Kier alpha value is -5.12. The standard InChI is InChI=1S/C39H38ClN3O5S/c1-3-41-39(45)37(26-30-11-6-4-7-12-30)42(27-31-13-10-14-32(40)25-31)38(44)28-43(49(46,47)36-23-17-29(2)18-24-36)33-19-21-35(22-20-33)48-34-15-8-5-9-16-34/h4-25,37H,3,26-28H2,1-2H3,(H,41,45)/t37-/m1/s1. The van der Waals surface area contributed by atoms with Crippen molar-refractivity contribution in [3.8, 4) is 11.5 Å². The number of rotatable bonds is 14. The minimum absolute atomic E-state index is 0.0241. The van der Waals surface area contributed by atoms with Crippen molar-refractivity contribution in [3.63, 3.8) is 0 Å². The first-order chi connectivity index (χ1) is 23.6. The topological polar surface area (TPSA) is 96.0 Å². The number of anilines is 1. The highest BCUT2D eigenvalue weighted by Crippen LogP contribution is 2.29. The van der Waals surface area contributed by atoms with Gasteiger partial charge in [-0.15, -0.1) is 0 Å². The van der Waals surface area contributed by atoms with Crippen molar-refractivity contribution in [2.24, 2.45) is 0 Å². The highest BCUT2D eigenvalue weighted by Gasteiger charge is 2.34. The van der Waals surface area contributed by atoms with E-state index >= 15 is 0 Å². The van der Waals surface area contributed by atoms with Gasteiger partial charge in [0.05, 0.1) is 10.6 Å². The molecule has 0 heterocycles. The molecule has 0 aliphatic carbocycles. The highest BCUT2D eigenvalue weighted by molar-refractivity contribution is 7.92. The molecule has 0 saturated carbocycles. The fourth-order valence-corrected chi connectivity index (χ4v) is 6.98. The monoisotopic (exact) mass is 695 g/mol. The lowest BCUT2D eigenvalue weighted by Gasteiger charge is -2.34. The van der Waals surface area contributed by atoms with E-state index in [0.29, 0.717) is 28.6 Å². The third-order valence-electron chi connectivity index (χ3n) is 7.86. The molecule has 252 valence electrons. The Bertz CT molecular complexity index is 1960. The van der Waals surface area contributed by atoms with Crippen LogP contribution >= 0.6 is 11.6 Å². The molecule has 1 N–H and O–H groups in total. The van der Waals surface area contributed by atoms with Gasteiger partial charge in [-0.05, 0) is 85.6 Å². The Kier molecular flexibility index (Phi) is 11.7. The quantitative estimate of drug-likeness (QED) is 0.131. The van der Waals surface area contributed by atoms with Gasteiger partial charge in [0, 0.05) is 24.5 Å². The number of nitrogens with one attached hydrogen (secondary N) is 1. The first-order valence-corrected chi connectivity index (χ1v) is 17.7. The summed E-state index contributed by atoms with van der Waals surface area (Å²) >= 11 is 6.32. The molecular formula is C39H38ClN3O5S. The van der Waals surface area contributed by atoms with Crippen LogP contribution in [0.5, 0.6) is 11.5 Å². The Labute approximate surface area is 293 Å². The lowest BCUT2D eigenvalue weighted by atomic mass is 10.0. The lowest BCUT2D eigenvalue weighted by Crippen LogP contribution is -2.53. The molecule has 5 aromatic rings. The van der Waals surface area contributed by atoms with Crippen molar-refractivity contribution in [2.75, 3.05) is 17.4 Å². The van der Waals surface area contributed by atoms with Gasteiger partial charge in [-0.25, -0.2) is 8.42 Å². The number of aryl methyl sites for hydroxylation is 1. The van der Waals surface area contributed by atoms with E-state index in [1.807, 2.05) is 80.6 Å². The summed E-state index contributed by atoms with van der Waals surface area (Å²) in [7, 11) is -4.24. The van der Waals surface area contributed by atoms with E-state index in [0.717, 1.165) is 15.4 Å². The molecule has 0 aliphatic heterocycles. The van der Waals surface area contributed by atoms with Crippen LogP contribution < -0.4 is 14.4 Å². The minimum atomic E-state index is -4.24. The van der Waals surface area contributed by atoms with Gasteiger partial charge in [-0.2, -0.15) is 0 Å². The van der Waals surface area contributed by atoms with Gasteiger partial charge >= 0.3 is 0 Å². The van der Waals surface area contributed by atoms with Crippen molar-refractivity contribution in [1.29, 1.82) is 0 Å². The fourth-order valence-electron chi connectivity index (χ4n) is 5.35. The van der Waals surface area contributed by atoms with Crippen molar-refractivity contribution < 1.29 is 22.7 Å². The fraction of sp³-hybridized carbons (Fsp3) is 0.179. The van der Waals surface area contributed by atoms with Crippen LogP contribution in [0.4, 0.5) is 5.69 Å². The predicted molar refractivity (Wildman–Crippen MR) is 193 cm³/mol. The molecule has 0 unspecified atom stereocenters. The second-order valence-electron chi connectivity index (χ2n) is 11.5. The van der Waals surface area contributed by atoms with E-state index < -0.39 is 28.5 Å². The van der Waals surface area contributed by atoms with Crippen LogP contribution in [0.3, 0.4) is 0 Å². The lowest BCUT2D eigenvalue weighted by molar-refractivity contribution is -0.140. The number of para-hydroxylation sites is 1. The summed E-state index contributed by atoms with van der Waals surface area (Å²) in [6.45, 7) is 3.48. The zero-order valence-corrected chi connectivity index (χ0v) is 28.9. The zero-order valence-electron chi connectivity index (χ0n) is 27.3. The number of halogens is 1. The maximum absolute atomic E-state index is 14.6. The first-order valence-electron chi connectivity index (χ1n) is 15.9. The molecule has 2 amide bonds. The van der Waals surface area contributed by atoms with E-state index in [2.05, 4.69) is 5.32 Å². The molecule has 10 heteroatoms. The SMILES string of the molecule is CCNC(=O)[C@@H](Cc1ccccc1)N(Cc1cccc(Cl)c1)C(=O)CN(c1ccc(Oc2ccccc2)cc1)S(=O)(=O)c1ccc(C)cc1. The Morgan fingerprint density at radius 2 is 1.39 bits per heavy atom. The van der Waals surface area contributed by atoms with Crippen LogP contribution in [0.15, 0.2) is 138 Å². The van der Waals surface area contributed by atoms with Gasteiger partial charge in [0.2, 0.25) is 11.8 Å². The van der Waals surface area contributed by atoms with E-state index in [1.165, 1.54) is 17.0 Å². The van der Waals surface area contributed by atoms with Gasteiger partial charge in [-0.1, -0.05) is 90.0 Å². The van der Waals surface area contributed by atoms with Crippen LogP contribution in [0.2, 0.25) is 5.02 Å². The number of hydrogen-bond acceptors (Lipinski definition) is 5. The molecular weight excluding hydrogens is 658 g/mol. The second-order valence-corrected chi connectivity index (χ2v) is 13.8. The second kappa shape index (κ2) is 16.3. The molecule has 0 aromatic heterocycles. The Morgan fingerprint density at radius 1 is 0.776 bits per heavy atom. The first kappa shape index (κ1) is 35.2. The van der Waals surface area contributed by atoms with Crippen LogP contribution in [0, 0.1) is 6.92 Å². The normalized spacial score (nSPS) is 11.7. The largest absolute Gasteiger partial charge is 0.457 e. The summed E-state index contributed by atoms with van der Waals surface area (Å²) in [6.07, 6.45) is 0.217. The number of nitrogens with zero attached hydrogens (tertiary/aromatic N) is 2. The minimum Gasteiger partial charge on any atom is -0.457 e. The summed E-state index contributed by atoms with van der Waals surface area (Å²) in [5.74, 6) is 0.210. The third-order valence-corrected chi connectivity index (χ3v) is 9.88. The summed E-state index contributed by atoms with van der Waals surface area (Å²) in [6, 6.07) is 37.7. The van der Waals surface area contributed by atoms with Crippen LogP contribution in [0.1, 0.15) is 23.6 Å². The predicted octanol–water partition coefficient (Wildman–Crippen LogP) is 7.41. The molecule has 1 atom stereocenters. The summed E-state index contributed by atoms with van der Waals surface area (Å²) in [4.78, 5) is 29.7. The number of sulfonamides is 1. The molecule has 0 aliphatic rings. The number of amides is 2. The Balaban J connectivity index is 1.55. The van der Waals surface area contributed by atoms with Gasteiger partial charge in [-0.3, -0.25) is 13.9 Å².